The third kappa shape index (κ3) is 4.56. The summed E-state index contributed by atoms with van der Waals surface area (Å²) < 4.78 is 0. The van der Waals surface area contributed by atoms with Gasteiger partial charge in [-0.3, -0.25) is 25.0 Å². The predicted octanol–water partition coefficient (Wildman–Crippen LogP) is 1.94. The third-order valence-corrected chi connectivity index (χ3v) is 4.05. The van der Waals surface area contributed by atoms with Gasteiger partial charge in [0.15, 0.2) is 0 Å². The molecular formula is C14H15N5O4S. The number of aromatic nitrogens is 2. The first-order chi connectivity index (χ1) is 11.4. The predicted molar refractivity (Wildman–Crippen MR) is 88.1 cm³/mol. The molecule has 126 valence electrons. The molecule has 0 bridgehead atoms. The van der Waals surface area contributed by atoms with Crippen LogP contribution >= 0.6 is 11.3 Å². The molecule has 0 aliphatic heterocycles. The molecule has 0 aliphatic rings. The molecule has 2 N–H and O–H groups in total. The summed E-state index contributed by atoms with van der Waals surface area (Å²) in [6.07, 6.45) is 0. The minimum Gasteiger partial charge on any atom is -0.343 e. The minimum absolute atomic E-state index is 0.106. The van der Waals surface area contributed by atoms with Crippen LogP contribution < -0.4 is 10.6 Å². The van der Waals surface area contributed by atoms with E-state index in [9.17, 15) is 19.7 Å². The topological polar surface area (TPSA) is 127 Å². The summed E-state index contributed by atoms with van der Waals surface area (Å²) >= 11 is 1.26. The maximum Gasteiger partial charge on any atom is 0.270 e. The number of hydrogen-bond acceptors (Lipinski definition) is 7. The van der Waals surface area contributed by atoms with Gasteiger partial charge in [-0.05, 0) is 6.07 Å². The number of rotatable bonds is 6. The molecular weight excluding hydrogens is 334 g/mol. The normalized spacial score (nSPS) is 10.5. The number of benzene rings is 1. The highest BCUT2D eigenvalue weighted by Gasteiger charge is 2.14. The second kappa shape index (κ2) is 7.59. The monoisotopic (exact) mass is 349 g/mol. The van der Waals surface area contributed by atoms with Crippen LogP contribution in [-0.4, -0.2) is 33.5 Å². The van der Waals surface area contributed by atoms with Crippen LogP contribution in [0, 0.1) is 10.1 Å². The van der Waals surface area contributed by atoms with E-state index in [1.54, 1.807) is 0 Å². The lowest BCUT2D eigenvalue weighted by atomic mass is 10.2. The van der Waals surface area contributed by atoms with Gasteiger partial charge in [0, 0.05) is 23.6 Å². The van der Waals surface area contributed by atoms with Crippen molar-refractivity contribution >= 4 is 34.0 Å². The van der Waals surface area contributed by atoms with Crippen LogP contribution in [0.4, 0.5) is 10.8 Å². The molecule has 0 saturated carbocycles. The number of carbonyl (C=O) groups excluding carboxylic acids is 2. The van der Waals surface area contributed by atoms with E-state index in [2.05, 4.69) is 20.8 Å². The van der Waals surface area contributed by atoms with E-state index in [1.165, 1.54) is 29.5 Å². The molecule has 2 rings (SSSR count). The molecule has 24 heavy (non-hydrogen) atoms. The van der Waals surface area contributed by atoms with Gasteiger partial charge in [-0.25, -0.2) is 0 Å². The number of amides is 2. The Labute approximate surface area is 141 Å². The highest BCUT2D eigenvalue weighted by molar-refractivity contribution is 7.15. The zero-order valence-electron chi connectivity index (χ0n) is 13.0. The second-order valence-corrected chi connectivity index (χ2v) is 6.15. The standard InChI is InChI=1S/C14H15N5O4S/c1-8(2)13-17-18-14(24-13)16-11(20)7-15-12(21)9-4-3-5-10(6-9)19(22)23/h3-6,8H,7H2,1-2H3,(H,15,21)(H,16,18,20). The smallest absolute Gasteiger partial charge is 0.270 e. The van der Waals surface area contributed by atoms with Crippen molar-refractivity contribution in [1.82, 2.24) is 15.5 Å². The Morgan fingerprint density at radius 1 is 1.33 bits per heavy atom. The zero-order chi connectivity index (χ0) is 17.7. The van der Waals surface area contributed by atoms with Crippen molar-refractivity contribution in [1.29, 1.82) is 0 Å². The van der Waals surface area contributed by atoms with Crippen molar-refractivity contribution in [3.05, 3.63) is 45.0 Å². The molecule has 0 fully saturated rings. The average molecular weight is 349 g/mol. The number of carbonyl (C=O) groups is 2. The highest BCUT2D eigenvalue weighted by Crippen LogP contribution is 2.22. The fourth-order valence-corrected chi connectivity index (χ4v) is 2.47. The molecule has 2 amide bonds. The molecule has 1 aromatic carbocycles. The second-order valence-electron chi connectivity index (χ2n) is 5.14. The highest BCUT2D eigenvalue weighted by atomic mass is 32.1. The summed E-state index contributed by atoms with van der Waals surface area (Å²) in [5.41, 5.74) is -0.0859. The van der Waals surface area contributed by atoms with E-state index in [0.29, 0.717) is 5.13 Å². The number of nitro benzene ring substituents is 1. The van der Waals surface area contributed by atoms with Crippen molar-refractivity contribution in [2.45, 2.75) is 19.8 Å². The molecule has 2 aromatic rings. The molecule has 10 heteroatoms. The van der Waals surface area contributed by atoms with Gasteiger partial charge >= 0.3 is 0 Å². The van der Waals surface area contributed by atoms with E-state index >= 15 is 0 Å². The third-order valence-electron chi connectivity index (χ3n) is 2.91. The Balaban J connectivity index is 1.90. The molecule has 1 heterocycles. The quantitative estimate of drug-likeness (QED) is 0.606. The molecule has 0 saturated heterocycles. The van der Waals surface area contributed by atoms with Gasteiger partial charge in [0.1, 0.15) is 5.01 Å². The van der Waals surface area contributed by atoms with Crippen molar-refractivity contribution < 1.29 is 14.5 Å². The lowest BCUT2D eigenvalue weighted by Gasteiger charge is -2.05. The fourth-order valence-electron chi connectivity index (χ4n) is 1.71. The van der Waals surface area contributed by atoms with E-state index in [0.717, 1.165) is 11.1 Å². The Bertz CT molecular complexity index is 774. The first-order valence-corrected chi connectivity index (χ1v) is 7.84. The largest absolute Gasteiger partial charge is 0.343 e. The summed E-state index contributed by atoms with van der Waals surface area (Å²) in [4.78, 5) is 33.8. The fraction of sp³-hybridized carbons (Fsp3) is 0.286. The van der Waals surface area contributed by atoms with Gasteiger partial charge in [-0.15, -0.1) is 10.2 Å². The molecule has 0 aliphatic carbocycles. The summed E-state index contributed by atoms with van der Waals surface area (Å²) in [6.45, 7) is 3.65. The number of nitro groups is 1. The van der Waals surface area contributed by atoms with Gasteiger partial charge in [0.25, 0.3) is 11.6 Å². The van der Waals surface area contributed by atoms with Crippen LogP contribution in [0.5, 0.6) is 0 Å². The van der Waals surface area contributed by atoms with Gasteiger partial charge in [-0.2, -0.15) is 0 Å². The first kappa shape index (κ1) is 17.5. The maximum atomic E-state index is 11.9. The summed E-state index contributed by atoms with van der Waals surface area (Å²) in [5.74, 6) is -0.823. The Kier molecular flexibility index (Phi) is 5.53. The molecule has 0 atom stereocenters. The van der Waals surface area contributed by atoms with Gasteiger partial charge < -0.3 is 5.32 Å². The van der Waals surface area contributed by atoms with Crippen LogP contribution in [-0.2, 0) is 4.79 Å². The van der Waals surface area contributed by atoms with Crippen LogP contribution in [0.1, 0.15) is 35.1 Å². The Morgan fingerprint density at radius 2 is 2.08 bits per heavy atom. The average Bonchev–Trinajstić information content (AvgIpc) is 3.01. The number of non-ortho nitro benzene ring substituents is 1. The Morgan fingerprint density at radius 3 is 2.71 bits per heavy atom. The van der Waals surface area contributed by atoms with Crippen molar-refractivity contribution in [3.63, 3.8) is 0 Å². The lowest BCUT2D eigenvalue weighted by molar-refractivity contribution is -0.384. The van der Waals surface area contributed by atoms with Gasteiger partial charge in [-0.1, -0.05) is 31.3 Å². The lowest BCUT2D eigenvalue weighted by Crippen LogP contribution is -2.32. The number of hydrogen-bond donors (Lipinski definition) is 2. The van der Waals surface area contributed by atoms with E-state index in [-0.39, 0.29) is 23.7 Å². The molecule has 0 unspecified atom stereocenters. The van der Waals surface area contributed by atoms with Crippen LogP contribution in [0.25, 0.3) is 0 Å². The van der Waals surface area contributed by atoms with Crippen molar-refractivity contribution in [3.8, 4) is 0 Å². The molecule has 1 aromatic heterocycles. The van der Waals surface area contributed by atoms with E-state index < -0.39 is 16.7 Å². The molecule has 0 radical (unpaired) electrons. The van der Waals surface area contributed by atoms with E-state index in [1.807, 2.05) is 13.8 Å². The SMILES string of the molecule is CC(C)c1nnc(NC(=O)CNC(=O)c2cccc([N+](=O)[O-])c2)s1. The van der Waals surface area contributed by atoms with Crippen molar-refractivity contribution in [2.75, 3.05) is 11.9 Å². The van der Waals surface area contributed by atoms with Crippen molar-refractivity contribution in [2.24, 2.45) is 0 Å². The van der Waals surface area contributed by atoms with Crippen LogP contribution in [0.2, 0.25) is 0 Å². The van der Waals surface area contributed by atoms with Gasteiger partial charge in [0.2, 0.25) is 11.0 Å². The van der Waals surface area contributed by atoms with Crippen LogP contribution in [0.3, 0.4) is 0 Å². The number of nitrogens with zero attached hydrogens (tertiary/aromatic N) is 3. The maximum absolute atomic E-state index is 11.9. The molecule has 0 spiro atoms. The number of nitrogens with one attached hydrogen (secondary N) is 2. The Hall–Kier alpha value is -2.88. The minimum atomic E-state index is -0.592. The van der Waals surface area contributed by atoms with Crippen LogP contribution in [0.15, 0.2) is 24.3 Å². The summed E-state index contributed by atoms with van der Waals surface area (Å²) in [7, 11) is 0. The molecule has 9 nitrogen and oxygen atoms in total. The zero-order valence-corrected chi connectivity index (χ0v) is 13.8. The number of anilines is 1. The first-order valence-electron chi connectivity index (χ1n) is 7.02. The van der Waals surface area contributed by atoms with Gasteiger partial charge in [0.05, 0.1) is 11.5 Å². The summed E-state index contributed by atoms with van der Waals surface area (Å²) in [5, 5.41) is 24.6. The van der Waals surface area contributed by atoms with E-state index in [4.69, 9.17) is 0 Å². The summed E-state index contributed by atoms with van der Waals surface area (Å²) in [6, 6.07) is 5.26.